The SMILES string of the molecule is CCN(CC)C(=O)[C@@H](c1ccccc1)n1cnc2c1c(=O)n(C)c(=O)n2C. The van der Waals surface area contributed by atoms with Gasteiger partial charge in [-0.15, -0.1) is 0 Å². The molecule has 1 atom stereocenters. The van der Waals surface area contributed by atoms with E-state index in [9.17, 15) is 14.4 Å². The highest BCUT2D eigenvalue weighted by molar-refractivity contribution is 5.86. The van der Waals surface area contributed by atoms with Crippen LogP contribution in [0.1, 0.15) is 25.5 Å². The Hall–Kier alpha value is -3.16. The molecule has 142 valence electrons. The molecular formula is C19H23N5O3. The number of aromatic nitrogens is 4. The maximum atomic E-state index is 13.3. The molecule has 0 N–H and O–H groups in total. The molecule has 2 heterocycles. The average Bonchev–Trinajstić information content (AvgIpc) is 3.11. The van der Waals surface area contributed by atoms with Crippen molar-refractivity contribution < 1.29 is 4.79 Å². The van der Waals surface area contributed by atoms with Crippen LogP contribution in [0.3, 0.4) is 0 Å². The van der Waals surface area contributed by atoms with E-state index in [1.165, 1.54) is 17.9 Å². The van der Waals surface area contributed by atoms with E-state index in [1.807, 2.05) is 44.2 Å². The fourth-order valence-electron chi connectivity index (χ4n) is 3.33. The number of rotatable bonds is 5. The molecule has 1 amide bonds. The van der Waals surface area contributed by atoms with Gasteiger partial charge in [-0.2, -0.15) is 0 Å². The summed E-state index contributed by atoms with van der Waals surface area (Å²) in [6.45, 7) is 4.94. The van der Waals surface area contributed by atoms with Crippen molar-refractivity contribution >= 4 is 17.1 Å². The number of hydrogen-bond acceptors (Lipinski definition) is 4. The van der Waals surface area contributed by atoms with E-state index in [2.05, 4.69) is 4.98 Å². The average molecular weight is 369 g/mol. The van der Waals surface area contributed by atoms with E-state index < -0.39 is 17.3 Å². The summed E-state index contributed by atoms with van der Waals surface area (Å²) in [4.78, 5) is 44.3. The molecule has 0 saturated heterocycles. The molecule has 0 bridgehead atoms. The second kappa shape index (κ2) is 7.22. The van der Waals surface area contributed by atoms with Crippen LogP contribution in [0.15, 0.2) is 46.2 Å². The molecule has 2 aromatic heterocycles. The zero-order valence-corrected chi connectivity index (χ0v) is 15.9. The summed E-state index contributed by atoms with van der Waals surface area (Å²) >= 11 is 0. The lowest BCUT2D eigenvalue weighted by atomic mass is 10.0. The number of carbonyl (C=O) groups is 1. The van der Waals surface area contributed by atoms with Crippen LogP contribution in [0.2, 0.25) is 0 Å². The lowest BCUT2D eigenvalue weighted by Crippen LogP contribution is -2.40. The first-order valence-electron chi connectivity index (χ1n) is 8.88. The molecule has 0 unspecified atom stereocenters. The summed E-state index contributed by atoms with van der Waals surface area (Å²) in [5.41, 5.74) is 0.318. The fraction of sp³-hybridized carbons (Fsp3) is 0.368. The van der Waals surface area contributed by atoms with Crippen LogP contribution in [0, 0.1) is 0 Å². The summed E-state index contributed by atoms with van der Waals surface area (Å²) in [6.07, 6.45) is 1.46. The van der Waals surface area contributed by atoms with Crippen molar-refractivity contribution in [1.29, 1.82) is 0 Å². The molecule has 3 aromatic rings. The lowest BCUT2D eigenvalue weighted by Gasteiger charge is -2.26. The molecule has 0 aliphatic carbocycles. The molecule has 8 nitrogen and oxygen atoms in total. The van der Waals surface area contributed by atoms with Gasteiger partial charge in [-0.25, -0.2) is 9.78 Å². The highest BCUT2D eigenvalue weighted by atomic mass is 16.2. The molecular weight excluding hydrogens is 346 g/mol. The third-order valence-corrected chi connectivity index (χ3v) is 4.88. The van der Waals surface area contributed by atoms with Gasteiger partial charge in [0.2, 0.25) is 5.91 Å². The van der Waals surface area contributed by atoms with Gasteiger partial charge in [0.25, 0.3) is 5.56 Å². The number of aryl methyl sites for hydroxylation is 1. The Morgan fingerprint density at radius 1 is 1.07 bits per heavy atom. The molecule has 8 heteroatoms. The maximum absolute atomic E-state index is 13.3. The van der Waals surface area contributed by atoms with E-state index in [4.69, 9.17) is 0 Å². The van der Waals surface area contributed by atoms with Crippen molar-refractivity contribution in [2.45, 2.75) is 19.9 Å². The molecule has 0 radical (unpaired) electrons. The minimum atomic E-state index is -0.735. The van der Waals surface area contributed by atoms with Gasteiger partial charge in [-0.3, -0.25) is 18.7 Å². The Morgan fingerprint density at radius 3 is 2.30 bits per heavy atom. The zero-order chi connectivity index (χ0) is 19.7. The van der Waals surface area contributed by atoms with E-state index in [1.54, 1.807) is 16.5 Å². The Labute approximate surface area is 156 Å². The number of hydrogen-bond donors (Lipinski definition) is 0. The van der Waals surface area contributed by atoms with Gasteiger partial charge < -0.3 is 9.47 Å². The Balaban J connectivity index is 2.33. The Morgan fingerprint density at radius 2 is 1.70 bits per heavy atom. The molecule has 0 saturated carbocycles. The van der Waals surface area contributed by atoms with Gasteiger partial charge in [0.15, 0.2) is 11.2 Å². The van der Waals surface area contributed by atoms with E-state index in [0.717, 1.165) is 10.1 Å². The van der Waals surface area contributed by atoms with Gasteiger partial charge in [-0.05, 0) is 19.4 Å². The molecule has 0 fully saturated rings. The van der Waals surface area contributed by atoms with Gasteiger partial charge >= 0.3 is 5.69 Å². The summed E-state index contributed by atoms with van der Waals surface area (Å²) < 4.78 is 3.93. The largest absolute Gasteiger partial charge is 0.341 e. The predicted molar refractivity (Wildman–Crippen MR) is 103 cm³/mol. The summed E-state index contributed by atoms with van der Waals surface area (Å²) in [7, 11) is 2.98. The molecule has 0 aliphatic heterocycles. The maximum Gasteiger partial charge on any atom is 0.332 e. The van der Waals surface area contributed by atoms with Crippen LogP contribution in [-0.4, -0.2) is 42.6 Å². The predicted octanol–water partition coefficient (Wildman–Crippen LogP) is 0.891. The second-order valence-corrected chi connectivity index (χ2v) is 6.35. The first-order chi connectivity index (χ1) is 12.9. The van der Waals surface area contributed by atoms with Crippen LogP contribution in [-0.2, 0) is 18.9 Å². The number of benzene rings is 1. The van der Waals surface area contributed by atoms with E-state index in [-0.39, 0.29) is 17.1 Å². The minimum absolute atomic E-state index is 0.124. The monoisotopic (exact) mass is 369 g/mol. The number of carbonyl (C=O) groups excluding carboxylic acids is 1. The fourth-order valence-corrected chi connectivity index (χ4v) is 3.33. The van der Waals surface area contributed by atoms with Crippen molar-refractivity contribution in [3.63, 3.8) is 0 Å². The third kappa shape index (κ3) is 2.97. The van der Waals surface area contributed by atoms with Crippen LogP contribution in [0.5, 0.6) is 0 Å². The minimum Gasteiger partial charge on any atom is -0.341 e. The standard InChI is InChI=1S/C19H23N5O3/c1-5-23(6-2)18(26)14(13-10-8-7-9-11-13)24-12-20-16-15(24)17(25)22(4)19(27)21(16)3/h7-12,14H,5-6H2,1-4H3/t14-/m1/s1. The quantitative estimate of drug-likeness (QED) is 0.669. The van der Waals surface area contributed by atoms with Gasteiger partial charge in [0, 0.05) is 27.2 Å². The third-order valence-electron chi connectivity index (χ3n) is 4.88. The summed E-state index contributed by atoms with van der Waals surface area (Å²) in [6, 6.07) is 8.54. The van der Waals surface area contributed by atoms with E-state index in [0.29, 0.717) is 13.1 Å². The van der Waals surface area contributed by atoms with Crippen molar-refractivity contribution in [2.24, 2.45) is 14.1 Å². The molecule has 3 rings (SSSR count). The number of nitrogens with zero attached hydrogens (tertiary/aromatic N) is 5. The van der Waals surface area contributed by atoms with Gasteiger partial charge in [-0.1, -0.05) is 30.3 Å². The van der Waals surface area contributed by atoms with Gasteiger partial charge in [0.05, 0.1) is 6.33 Å². The Bertz CT molecular complexity index is 1090. The normalized spacial score (nSPS) is 12.3. The molecule has 1 aromatic carbocycles. The first-order valence-corrected chi connectivity index (χ1v) is 8.88. The van der Waals surface area contributed by atoms with Crippen LogP contribution < -0.4 is 11.2 Å². The summed E-state index contributed by atoms with van der Waals surface area (Å²) in [5, 5.41) is 0. The topological polar surface area (TPSA) is 82.1 Å². The lowest BCUT2D eigenvalue weighted by molar-refractivity contribution is -0.133. The van der Waals surface area contributed by atoms with Crippen molar-refractivity contribution in [1.82, 2.24) is 23.6 Å². The number of fused-ring (bicyclic) bond motifs is 1. The van der Waals surface area contributed by atoms with E-state index >= 15 is 0 Å². The molecule has 27 heavy (non-hydrogen) atoms. The first kappa shape index (κ1) is 18.6. The number of likely N-dealkylation sites (N-methyl/N-ethyl adjacent to an activating group) is 1. The summed E-state index contributed by atoms with van der Waals surface area (Å²) in [5.74, 6) is -0.124. The zero-order valence-electron chi connectivity index (χ0n) is 15.9. The molecule has 0 aliphatic rings. The van der Waals surface area contributed by atoms with Crippen LogP contribution >= 0.6 is 0 Å². The van der Waals surface area contributed by atoms with Crippen molar-refractivity contribution in [2.75, 3.05) is 13.1 Å². The molecule has 0 spiro atoms. The van der Waals surface area contributed by atoms with Crippen LogP contribution in [0.4, 0.5) is 0 Å². The van der Waals surface area contributed by atoms with Gasteiger partial charge in [0.1, 0.15) is 6.04 Å². The Kier molecular flexibility index (Phi) is 4.98. The van der Waals surface area contributed by atoms with Crippen LogP contribution in [0.25, 0.3) is 11.2 Å². The highest BCUT2D eigenvalue weighted by Gasteiger charge is 2.29. The number of imidazole rings is 1. The van der Waals surface area contributed by atoms with Crippen molar-refractivity contribution in [3.05, 3.63) is 63.1 Å². The number of amides is 1. The smallest absolute Gasteiger partial charge is 0.332 e. The van der Waals surface area contributed by atoms with Crippen molar-refractivity contribution in [3.8, 4) is 0 Å². The second-order valence-electron chi connectivity index (χ2n) is 6.35. The highest BCUT2D eigenvalue weighted by Crippen LogP contribution is 2.24.